The maximum atomic E-state index is 11.8. The largest absolute Gasteiger partial charge is 0.394 e. The zero-order valence-corrected chi connectivity index (χ0v) is 14.6. The van der Waals surface area contributed by atoms with E-state index in [0.717, 1.165) is 0 Å². The van der Waals surface area contributed by atoms with Crippen LogP contribution in [0.1, 0.15) is 13.8 Å². The number of ether oxygens (including phenoxy) is 3. The molecule has 0 amide bonds. The van der Waals surface area contributed by atoms with E-state index < -0.39 is 0 Å². The molecule has 0 radical (unpaired) electrons. The first-order valence-electron chi connectivity index (χ1n) is 8.41. The Labute approximate surface area is 144 Å². The number of hydrogen-bond donors (Lipinski definition) is 3. The van der Waals surface area contributed by atoms with Crippen molar-refractivity contribution in [3.8, 4) is 0 Å². The van der Waals surface area contributed by atoms with Crippen LogP contribution < -0.4 is 10.6 Å². The maximum Gasteiger partial charge on any atom is 0.166 e. The maximum absolute atomic E-state index is 11.8. The van der Waals surface area contributed by atoms with Crippen molar-refractivity contribution in [2.24, 2.45) is 5.92 Å². The fraction of sp³-hybridized carbons (Fsp3) is 0.706. The molecule has 1 aliphatic rings. The third kappa shape index (κ3) is 9.14. The van der Waals surface area contributed by atoms with Crippen LogP contribution >= 0.6 is 0 Å². The van der Waals surface area contributed by atoms with E-state index >= 15 is 0 Å². The van der Waals surface area contributed by atoms with Crippen molar-refractivity contribution in [1.82, 2.24) is 10.6 Å². The number of aliphatic hydroxyl groups is 1. The standard InChI is InChI=1S/C17H30N2O5/c1-14(2)17(21)15-3-4-16(19-13-15)18-5-7-22-9-11-24-12-10-23-8-6-20/h3-4,13-14,16,18-20H,5-12H2,1-2H3. The fourth-order valence-corrected chi connectivity index (χ4v) is 1.99. The molecule has 0 saturated carbocycles. The highest BCUT2D eigenvalue weighted by Gasteiger charge is 2.15. The quantitative estimate of drug-likeness (QED) is 0.389. The van der Waals surface area contributed by atoms with Crippen molar-refractivity contribution in [2.75, 3.05) is 52.8 Å². The number of rotatable bonds is 14. The number of hydrogen-bond acceptors (Lipinski definition) is 7. The summed E-state index contributed by atoms with van der Waals surface area (Å²) in [5.74, 6) is 0.145. The van der Waals surface area contributed by atoms with E-state index in [9.17, 15) is 4.79 Å². The molecular formula is C17H30N2O5. The smallest absolute Gasteiger partial charge is 0.166 e. The minimum absolute atomic E-state index is 0.00377. The lowest BCUT2D eigenvalue weighted by Crippen LogP contribution is -2.41. The molecule has 1 heterocycles. The van der Waals surface area contributed by atoms with E-state index in [1.165, 1.54) is 0 Å². The van der Waals surface area contributed by atoms with E-state index in [-0.39, 0.29) is 24.5 Å². The number of carbonyl (C=O) groups is 1. The van der Waals surface area contributed by atoms with E-state index in [4.69, 9.17) is 19.3 Å². The monoisotopic (exact) mass is 342 g/mol. The number of dihydropyridines is 1. The molecule has 0 aromatic carbocycles. The van der Waals surface area contributed by atoms with E-state index in [1.807, 2.05) is 26.0 Å². The summed E-state index contributed by atoms with van der Waals surface area (Å²) in [5.41, 5.74) is 0.708. The molecule has 0 spiro atoms. The summed E-state index contributed by atoms with van der Waals surface area (Å²) in [6.07, 6.45) is 5.56. The number of carbonyl (C=O) groups excluding carboxylic acids is 1. The van der Waals surface area contributed by atoms with Crippen LogP contribution in [0.3, 0.4) is 0 Å². The summed E-state index contributed by atoms with van der Waals surface area (Å²) < 4.78 is 15.8. The number of allylic oxidation sites excluding steroid dienone is 2. The molecule has 7 heteroatoms. The summed E-state index contributed by atoms with van der Waals surface area (Å²) in [6.45, 7) is 7.48. The van der Waals surface area contributed by atoms with Crippen LogP contribution in [-0.2, 0) is 19.0 Å². The molecular weight excluding hydrogens is 312 g/mol. The Kier molecular flexibility index (Phi) is 11.3. The molecule has 1 aliphatic heterocycles. The average Bonchev–Trinajstić information content (AvgIpc) is 2.59. The second-order valence-electron chi connectivity index (χ2n) is 5.64. The Morgan fingerprint density at radius 2 is 1.79 bits per heavy atom. The van der Waals surface area contributed by atoms with Gasteiger partial charge in [0.05, 0.1) is 52.4 Å². The third-order valence-corrected chi connectivity index (χ3v) is 3.29. The fourth-order valence-electron chi connectivity index (χ4n) is 1.99. The van der Waals surface area contributed by atoms with Crippen molar-refractivity contribution in [3.05, 3.63) is 23.9 Å². The van der Waals surface area contributed by atoms with Gasteiger partial charge in [0, 0.05) is 24.2 Å². The van der Waals surface area contributed by atoms with Gasteiger partial charge in [0.2, 0.25) is 0 Å². The van der Waals surface area contributed by atoms with Crippen molar-refractivity contribution < 1.29 is 24.1 Å². The Morgan fingerprint density at radius 3 is 2.33 bits per heavy atom. The minimum atomic E-state index is 0.00377. The Bertz CT molecular complexity index is 410. The van der Waals surface area contributed by atoms with Crippen LogP contribution in [0.25, 0.3) is 0 Å². The van der Waals surface area contributed by atoms with Crippen LogP contribution in [-0.4, -0.2) is 69.8 Å². The predicted molar refractivity (Wildman–Crippen MR) is 91.5 cm³/mol. The van der Waals surface area contributed by atoms with Gasteiger partial charge in [0.15, 0.2) is 5.78 Å². The van der Waals surface area contributed by atoms with Gasteiger partial charge < -0.3 is 24.6 Å². The van der Waals surface area contributed by atoms with E-state index in [1.54, 1.807) is 6.20 Å². The van der Waals surface area contributed by atoms with E-state index in [2.05, 4.69) is 10.6 Å². The predicted octanol–water partition coefficient (Wildman–Crippen LogP) is 0.213. The zero-order chi connectivity index (χ0) is 17.6. The van der Waals surface area contributed by atoms with Gasteiger partial charge >= 0.3 is 0 Å². The molecule has 3 N–H and O–H groups in total. The van der Waals surface area contributed by atoms with Gasteiger partial charge in [0.25, 0.3) is 0 Å². The molecule has 0 fully saturated rings. The van der Waals surface area contributed by atoms with Gasteiger partial charge in [-0.25, -0.2) is 0 Å². The minimum Gasteiger partial charge on any atom is -0.394 e. The van der Waals surface area contributed by atoms with Gasteiger partial charge in [-0.3, -0.25) is 10.1 Å². The molecule has 138 valence electrons. The first kappa shape index (κ1) is 20.8. The molecule has 1 rings (SSSR count). The molecule has 0 bridgehead atoms. The lowest BCUT2D eigenvalue weighted by molar-refractivity contribution is -0.118. The second-order valence-corrected chi connectivity index (χ2v) is 5.64. The molecule has 7 nitrogen and oxygen atoms in total. The molecule has 0 aromatic rings. The molecule has 24 heavy (non-hydrogen) atoms. The van der Waals surface area contributed by atoms with Gasteiger partial charge in [-0.1, -0.05) is 19.9 Å². The lowest BCUT2D eigenvalue weighted by Gasteiger charge is -2.20. The highest BCUT2D eigenvalue weighted by molar-refractivity contribution is 5.99. The van der Waals surface area contributed by atoms with Crippen molar-refractivity contribution in [3.63, 3.8) is 0 Å². The number of ketones is 1. The van der Waals surface area contributed by atoms with Gasteiger partial charge in [0.1, 0.15) is 0 Å². The average molecular weight is 342 g/mol. The summed E-state index contributed by atoms with van der Waals surface area (Å²) in [7, 11) is 0. The SMILES string of the molecule is CC(C)C(=O)C1=CNC(NCCOCCOCCOCCO)C=C1. The molecule has 0 aromatic heterocycles. The number of Topliss-reactive ketones (excluding diaryl/α,β-unsaturated/α-hetero) is 1. The van der Waals surface area contributed by atoms with Crippen LogP contribution in [0.2, 0.25) is 0 Å². The lowest BCUT2D eigenvalue weighted by atomic mass is 10.0. The van der Waals surface area contributed by atoms with Crippen molar-refractivity contribution >= 4 is 5.78 Å². The third-order valence-electron chi connectivity index (χ3n) is 3.29. The summed E-state index contributed by atoms with van der Waals surface area (Å²) >= 11 is 0. The second kappa shape index (κ2) is 13.1. The summed E-state index contributed by atoms with van der Waals surface area (Å²) in [5, 5.41) is 14.9. The van der Waals surface area contributed by atoms with Gasteiger partial charge in [-0.2, -0.15) is 0 Å². The van der Waals surface area contributed by atoms with E-state index in [0.29, 0.717) is 51.8 Å². The first-order valence-corrected chi connectivity index (χ1v) is 8.41. The topological polar surface area (TPSA) is 89.1 Å². The van der Waals surface area contributed by atoms with Crippen LogP contribution in [0.4, 0.5) is 0 Å². The molecule has 0 aliphatic carbocycles. The molecule has 0 saturated heterocycles. The molecule has 1 atom stereocenters. The Morgan fingerprint density at radius 1 is 1.17 bits per heavy atom. The van der Waals surface area contributed by atoms with Crippen LogP contribution in [0.5, 0.6) is 0 Å². The highest BCUT2D eigenvalue weighted by atomic mass is 16.5. The normalized spacial score (nSPS) is 17.0. The molecule has 1 unspecified atom stereocenters. The van der Waals surface area contributed by atoms with Crippen LogP contribution in [0.15, 0.2) is 23.9 Å². The highest BCUT2D eigenvalue weighted by Crippen LogP contribution is 2.10. The number of nitrogens with one attached hydrogen (secondary N) is 2. The number of aliphatic hydroxyl groups excluding tert-OH is 1. The Hall–Kier alpha value is -1.25. The van der Waals surface area contributed by atoms with Gasteiger partial charge in [-0.05, 0) is 6.08 Å². The van der Waals surface area contributed by atoms with Gasteiger partial charge in [-0.15, -0.1) is 0 Å². The summed E-state index contributed by atoms with van der Waals surface area (Å²) in [6, 6.07) is 0. The Balaban J connectivity index is 1.94. The van der Waals surface area contributed by atoms with Crippen molar-refractivity contribution in [2.45, 2.75) is 20.0 Å². The van der Waals surface area contributed by atoms with Crippen LogP contribution in [0, 0.1) is 5.92 Å². The van der Waals surface area contributed by atoms with Crippen molar-refractivity contribution in [1.29, 1.82) is 0 Å². The summed E-state index contributed by atoms with van der Waals surface area (Å²) in [4.78, 5) is 11.8. The zero-order valence-electron chi connectivity index (χ0n) is 14.6. The first-order chi connectivity index (χ1) is 11.6.